The highest BCUT2D eigenvalue weighted by Crippen LogP contribution is 2.35. The van der Waals surface area contributed by atoms with E-state index in [0.29, 0.717) is 16.6 Å². The van der Waals surface area contributed by atoms with Crippen LogP contribution < -0.4 is 4.74 Å². The Bertz CT molecular complexity index is 907. The van der Waals surface area contributed by atoms with Gasteiger partial charge < -0.3 is 4.74 Å². The predicted molar refractivity (Wildman–Crippen MR) is 114 cm³/mol. The number of likely N-dealkylation sites (N-methyl/N-ethyl adjacent to an activating group) is 1. The standard InChI is InChI=1S/C22H24N2O2S/c1-6-24-21(25)20(13-19-15(3)11-14(2)12-16(19)4)27-22(24)23-17-7-9-18(26-5)10-8-17/h7-13H,6H2,1-5H3/b20-13+,23-22?. The highest BCUT2D eigenvalue weighted by molar-refractivity contribution is 8.18. The Balaban J connectivity index is 1.96. The van der Waals surface area contributed by atoms with Crippen molar-refractivity contribution in [3.8, 4) is 5.75 Å². The smallest absolute Gasteiger partial charge is 0.266 e. The van der Waals surface area contributed by atoms with Gasteiger partial charge in [0, 0.05) is 6.54 Å². The van der Waals surface area contributed by atoms with Crippen LogP contribution in [-0.4, -0.2) is 29.6 Å². The Labute approximate surface area is 164 Å². The molecule has 4 nitrogen and oxygen atoms in total. The van der Waals surface area contributed by atoms with Crippen LogP contribution in [-0.2, 0) is 4.79 Å². The second kappa shape index (κ2) is 8.01. The van der Waals surface area contributed by atoms with Crippen LogP contribution >= 0.6 is 11.8 Å². The molecule has 27 heavy (non-hydrogen) atoms. The van der Waals surface area contributed by atoms with Crippen LogP contribution in [0, 0.1) is 20.8 Å². The number of hydrogen-bond acceptors (Lipinski definition) is 4. The Kier molecular flexibility index (Phi) is 5.71. The van der Waals surface area contributed by atoms with Gasteiger partial charge in [0.2, 0.25) is 0 Å². The van der Waals surface area contributed by atoms with Gasteiger partial charge >= 0.3 is 0 Å². The van der Waals surface area contributed by atoms with Crippen LogP contribution in [0.3, 0.4) is 0 Å². The largest absolute Gasteiger partial charge is 0.497 e. The highest BCUT2D eigenvalue weighted by Gasteiger charge is 2.32. The van der Waals surface area contributed by atoms with Crippen LogP contribution in [0.5, 0.6) is 5.75 Å². The molecular weight excluding hydrogens is 356 g/mol. The van der Waals surface area contributed by atoms with E-state index < -0.39 is 0 Å². The topological polar surface area (TPSA) is 41.9 Å². The van der Waals surface area contributed by atoms with Crippen LogP contribution in [0.2, 0.25) is 0 Å². The van der Waals surface area contributed by atoms with E-state index in [9.17, 15) is 4.79 Å². The van der Waals surface area contributed by atoms with Crippen molar-refractivity contribution in [2.24, 2.45) is 4.99 Å². The summed E-state index contributed by atoms with van der Waals surface area (Å²) >= 11 is 1.43. The molecule has 2 aromatic rings. The molecule has 0 radical (unpaired) electrons. The molecule has 0 spiro atoms. The molecule has 0 bridgehead atoms. The Hall–Kier alpha value is -2.53. The van der Waals surface area contributed by atoms with E-state index in [2.05, 4.69) is 37.9 Å². The monoisotopic (exact) mass is 380 g/mol. The normalized spacial score (nSPS) is 17.2. The number of ether oxygens (including phenoxy) is 1. The minimum Gasteiger partial charge on any atom is -0.497 e. The fourth-order valence-electron chi connectivity index (χ4n) is 3.19. The molecule has 0 atom stereocenters. The summed E-state index contributed by atoms with van der Waals surface area (Å²) in [5, 5.41) is 0.710. The van der Waals surface area contributed by atoms with Gasteiger partial charge in [-0.15, -0.1) is 0 Å². The number of amides is 1. The molecule has 1 fully saturated rings. The van der Waals surface area contributed by atoms with Crippen LogP contribution in [0.1, 0.15) is 29.2 Å². The third-order valence-electron chi connectivity index (χ3n) is 4.51. The van der Waals surface area contributed by atoms with Crippen molar-refractivity contribution >= 4 is 34.6 Å². The van der Waals surface area contributed by atoms with Gasteiger partial charge in [-0.3, -0.25) is 9.69 Å². The van der Waals surface area contributed by atoms with Crippen molar-refractivity contribution in [3.05, 3.63) is 63.6 Å². The maximum atomic E-state index is 12.9. The summed E-state index contributed by atoms with van der Waals surface area (Å²) in [6.45, 7) is 8.81. The number of aliphatic imine (C=N–C) groups is 1. The van der Waals surface area contributed by atoms with E-state index in [1.165, 1.54) is 28.5 Å². The second-order valence-electron chi connectivity index (χ2n) is 6.56. The van der Waals surface area contributed by atoms with Crippen LogP contribution in [0.25, 0.3) is 6.08 Å². The molecule has 1 aliphatic heterocycles. The Morgan fingerprint density at radius 3 is 2.30 bits per heavy atom. The third kappa shape index (κ3) is 4.08. The zero-order chi connectivity index (χ0) is 19.6. The average Bonchev–Trinajstić information content (AvgIpc) is 2.93. The summed E-state index contributed by atoms with van der Waals surface area (Å²) in [6.07, 6.45) is 2.00. The zero-order valence-corrected chi connectivity index (χ0v) is 17.2. The molecule has 1 aliphatic rings. The lowest BCUT2D eigenvalue weighted by atomic mass is 9.99. The van der Waals surface area contributed by atoms with Crippen LogP contribution in [0.4, 0.5) is 5.69 Å². The number of thioether (sulfide) groups is 1. The molecule has 3 rings (SSSR count). The summed E-state index contributed by atoms with van der Waals surface area (Å²) in [5.41, 5.74) is 5.50. The predicted octanol–water partition coefficient (Wildman–Crippen LogP) is 5.24. The fourth-order valence-corrected chi connectivity index (χ4v) is 4.23. The molecule has 0 aliphatic carbocycles. The SMILES string of the molecule is CCN1C(=O)/C(=C\c2c(C)cc(C)cc2C)SC1=Nc1ccc(OC)cc1. The van der Waals surface area contributed by atoms with Crippen molar-refractivity contribution in [1.82, 2.24) is 4.90 Å². The molecule has 140 valence electrons. The van der Waals surface area contributed by atoms with Crippen molar-refractivity contribution in [3.63, 3.8) is 0 Å². The molecule has 1 heterocycles. The van der Waals surface area contributed by atoms with Gasteiger partial charge in [-0.25, -0.2) is 4.99 Å². The van der Waals surface area contributed by atoms with Gasteiger partial charge in [0.05, 0.1) is 17.7 Å². The van der Waals surface area contributed by atoms with Gasteiger partial charge in [-0.2, -0.15) is 0 Å². The third-order valence-corrected chi connectivity index (χ3v) is 5.52. The van der Waals surface area contributed by atoms with E-state index in [1.54, 1.807) is 12.0 Å². The molecule has 1 saturated heterocycles. The fraction of sp³-hybridized carbons (Fsp3) is 0.273. The summed E-state index contributed by atoms with van der Waals surface area (Å²) in [7, 11) is 1.64. The lowest BCUT2D eigenvalue weighted by Crippen LogP contribution is -2.28. The Morgan fingerprint density at radius 2 is 1.74 bits per heavy atom. The minimum atomic E-state index is 0.00846. The summed E-state index contributed by atoms with van der Waals surface area (Å²) in [5.74, 6) is 0.793. The number of carbonyl (C=O) groups is 1. The van der Waals surface area contributed by atoms with E-state index >= 15 is 0 Å². The molecule has 0 saturated carbocycles. The maximum absolute atomic E-state index is 12.9. The molecule has 2 aromatic carbocycles. The quantitative estimate of drug-likeness (QED) is 0.681. The van der Waals surface area contributed by atoms with Gasteiger partial charge in [0.25, 0.3) is 5.91 Å². The van der Waals surface area contributed by atoms with Crippen molar-refractivity contribution in [1.29, 1.82) is 0 Å². The number of benzene rings is 2. The average molecular weight is 381 g/mol. The van der Waals surface area contributed by atoms with Gasteiger partial charge in [-0.05, 0) is 86.5 Å². The van der Waals surface area contributed by atoms with Crippen molar-refractivity contribution in [2.45, 2.75) is 27.7 Å². The number of nitrogens with zero attached hydrogens (tertiary/aromatic N) is 2. The number of methoxy groups -OCH3 is 1. The molecule has 0 aromatic heterocycles. The number of hydrogen-bond donors (Lipinski definition) is 0. The van der Waals surface area contributed by atoms with Gasteiger partial charge in [0.1, 0.15) is 5.75 Å². The number of amidine groups is 1. The summed E-state index contributed by atoms with van der Waals surface area (Å²) in [4.78, 5) is 20.0. The first-order chi connectivity index (χ1) is 12.9. The van der Waals surface area contributed by atoms with Crippen LogP contribution in [0.15, 0.2) is 46.3 Å². The summed E-state index contributed by atoms with van der Waals surface area (Å²) < 4.78 is 5.19. The molecule has 5 heteroatoms. The molecular formula is C22H24N2O2S. The lowest BCUT2D eigenvalue weighted by molar-refractivity contribution is -0.122. The second-order valence-corrected chi connectivity index (χ2v) is 7.57. The number of aryl methyl sites for hydroxylation is 3. The first kappa shape index (κ1) is 19.2. The van der Waals surface area contributed by atoms with E-state index in [4.69, 9.17) is 4.74 Å². The first-order valence-electron chi connectivity index (χ1n) is 8.95. The van der Waals surface area contributed by atoms with E-state index in [-0.39, 0.29) is 5.91 Å². The molecule has 0 N–H and O–H groups in total. The summed E-state index contributed by atoms with van der Waals surface area (Å²) in [6, 6.07) is 11.8. The van der Waals surface area contributed by atoms with E-state index in [1.807, 2.05) is 37.3 Å². The molecule has 0 unspecified atom stereocenters. The maximum Gasteiger partial charge on any atom is 0.266 e. The van der Waals surface area contributed by atoms with Crippen molar-refractivity contribution < 1.29 is 9.53 Å². The van der Waals surface area contributed by atoms with Gasteiger partial charge in [0.15, 0.2) is 5.17 Å². The van der Waals surface area contributed by atoms with E-state index in [0.717, 1.165) is 17.0 Å². The Morgan fingerprint density at radius 1 is 1.11 bits per heavy atom. The number of carbonyl (C=O) groups excluding carboxylic acids is 1. The molecule has 1 amide bonds. The minimum absolute atomic E-state index is 0.00846. The number of rotatable bonds is 4. The zero-order valence-electron chi connectivity index (χ0n) is 16.4. The highest BCUT2D eigenvalue weighted by atomic mass is 32.2. The lowest BCUT2D eigenvalue weighted by Gasteiger charge is -2.12. The van der Waals surface area contributed by atoms with Crippen molar-refractivity contribution in [2.75, 3.05) is 13.7 Å². The van der Waals surface area contributed by atoms with Gasteiger partial charge in [-0.1, -0.05) is 17.7 Å². The first-order valence-corrected chi connectivity index (χ1v) is 9.76.